The number of nitrogens with one attached hydrogen (secondary N) is 2. The van der Waals surface area contributed by atoms with Crippen molar-refractivity contribution < 1.29 is 14.6 Å². The third kappa shape index (κ3) is 7.09. The van der Waals surface area contributed by atoms with Gasteiger partial charge >= 0.3 is 0 Å². The van der Waals surface area contributed by atoms with Crippen molar-refractivity contribution in [3.05, 3.63) is 53.6 Å². The molecular formula is C21H29N3O3. The average Bonchev–Trinajstić information content (AvgIpc) is 2.67. The molecule has 146 valence electrons. The van der Waals surface area contributed by atoms with Crippen LogP contribution in [0.5, 0.6) is 17.2 Å². The molecule has 0 spiro atoms. The van der Waals surface area contributed by atoms with Crippen LogP contribution >= 0.6 is 0 Å². The van der Waals surface area contributed by atoms with Crippen LogP contribution in [0.3, 0.4) is 0 Å². The first-order valence-corrected chi connectivity index (χ1v) is 9.20. The smallest absolute Gasteiger partial charge is 0.191 e. The lowest BCUT2D eigenvalue weighted by Gasteiger charge is -2.12. The van der Waals surface area contributed by atoms with E-state index in [9.17, 15) is 5.11 Å². The Morgan fingerprint density at radius 2 is 1.89 bits per heavy atom. The Morgan fingerprint density at radius 1 is 1.11 bits per heavy atom. The second-order valence-electron chi connectivity index (χ2n) is 6.11. The predicted octanol–water partition coefficient (Wildman–Crippen LogP) is 2.89. The topological polar surface area (TPSA) is 75.1 Å². The zero-order valence-electron chi connectivity index (χ0n) is 16.3. The normalized spacial score (nSPS) is 11.1. The third-order valence-electron chi connectivity index (χ3n) is 3.94. The summed E-state index contributed by atoms with van der Waals surface area (Å²) < 4.78 is 10.9. The first kappa shape index (κ1) is 20.4. The highest BCUT2D eigenvalue weighted by Gasteiger charge is 2.03. The van der Waals surface area contributed by atoms with Gasteiger partial charge < -0.3 is 25.2 Å². The zero-order valence-corrected chi connectivity index (χ0v) is 16.3. The number of aliphatic imine (C=N–C) groups is 1. The van der Waals surface area contributed by atoms with Gasteiger partial charge in [0.15, 0.2) is 17.5 Å². The number of rotatable bonds is 9. The number of hydrogen-bond acceptors (Lipinski definition) is 4. The first-order chi connectivity index (χ1) is 13.1. The van der Waals surface area contributed by atoms with Crippen molar-refractivity contribution in [2.45, 2.75) is 20.3 Å². The van der Waals surface area contributed by atoms with E-state index in [1.165, 1.54) is 5.56 Å². The van der Waals surface area contributed by atoms with E-state index in [0.29, 0.717) is 25.4 Å². The lowest BCUT2D eigenvalue weighted by molar-refractivity contribution is 0.322. The number of phenols is 1. The Labute approximate surface area is 161 Å². The van der Waals surface area contributed by atoms with Crippen LogP contribution in [0, 0.1) is 6.92 Å². The van der Waals surface area contributed by atoms with Crippen LogP contribution in [0.1, 0.15) is 18.1 Å². The minimum Gasteiger partial charge on any atom is -0.504 e. The summed E-state index contributed by atoms with van der Waals surface area (Å²) in [5.41, 5.74) is 2.28. The molecule has 6 nitrogen and oxygen atoms in total. The maximum absolute atomic E-state index is 9.65. The fourth-order valence-corrected chi connectivity index (χ4v) is 2.49. The summed E-state index contributed by atoms with van der Waals surface area (Å²) in [7, 11) is 1.54. The van der Waals surface area contributed by atoms with E-state index >= 15 is 0 Å². The minimum atomic E-state index is 0.147. The molecule has 0 heterocycles. The molecule has 0 saturated heterocycles. The highest BCUT2D eigenvalue weighted by molar-refractivity contribution is 5.79. The number of hydrogen-bond donors (Lipinski definition) is 3. The minimum absolute atomic E-state index is 0.147. The van der Waals surface area contributed by atoms with E-state index in [1.807, 2.05) is 43.3 Å². The van der Waals surface area contributed by atoms with Crippen LogP contribution in [0.15, 0.2) is 47.5 Å². The van der Waals surface area contributed by atoms with E-state index < -0.39 is 0 Å². The number of nitrogens with zero attached hydrogens (tertiary/aromatic N) is 1. The molecule has 0 unspecified atom stereocenters. The molecule has 0 aliphatic heterocycles. The standard InChI is InChI=1S/C21H29N3O3/c1-4-22-21(24-13-14-27-18-8-5-16(2)6-9-18)23-12-11-17-7-10-19(25)20(15-17)26-3/h5-10,15,25H,4,11-14H2,1-3H3,(H2,22,23,24). The summed E-state index contributed by atoms with van der Waals surface area (Å²) in [4.78, 5) is 4.58. The molecular weight excluding hydrogens is 342 g/mol. The average molecular weight is 371 g/mol. The monoisotopic (exact) mass is 371 g/mol. The highest BCUT2D eigenvalue weighted by Crippen LogP contribution is 2.26. The molecule has 0 amide bonds. The molecule has 0 aliphatic carbocycles. The molecule has 3 N–H and O–H groups in total. The second kappa shape index (κ2) is 11.0. The molecule has 0 aromatic heterocycles. The summed E-state index contributed by atoms with van der Waals surface area (Å²) in [5.74, 6) is 2.25. The number of guanidine groups is 1. The van der Waals surface area contributed by atoms with Gasteiger partial charge in [0.1, 0.15) is 12.4 Å². The maximum atomic E-state index is 9.65. The maximum Gasteiger partial charge on any atom is 0.191 e. The number of aromatic hydroxyl groups is 1. The molecule has 2 rings (SSSR count). The molecule has 27 heavy (non-hydrogen) atoms. The van der Waals surface area contributed by atoms with Gasteiger partial charge in [0.25, 0.3) is 0 Å². The summed E-state index contributed by atoms with van der Waals surface area (Å²) in [6, 6.07) is 13.4. The van der Waals surface area contributed by atoms with Gasteiger partial charge in [-0.1, -0.05) is 23.8 Å². The Balaban J connectivity index is 1.78. The van der Waals surface area contributed by atoms with E-state index in [-0.39, 0.29) is 5.75 Å². The van der Waals surface area contributed by atoms with Crippen LogP contribution in [0.4, 0.5) is 0 Å². The molecule has 2 aromatic rings. The second-order valence-corrected chi connectivity index (χ2v) is 6.11. The summed E-state index contributed by atoms with van der Waals surface area (Å²) in [6.45, 7) is 6.72. The summed E-state index contributed by atoms with van der Waals surface area (Å²) >= 11 is 0. The Bertz CT molecular complexity index is 730. The summed E-state index contributed by atoms with van der Waals surface area (Å²) in [5, 5.41) is 16.1. The van der Waals surface area contributed by atoms with Crippen LogP contribution in [-0.4, -0.2) is 44.4 Å². The van der Waals surface area contributed by atoms with Crippen molar-refractivity contribution in [3.8, 4) is 17.2 Å². The lowest BCUT2D eigenvalue weighted by Crippen LogP contribution is -2.39. The SMILES string of the molecule is CCNC(=NCCc1ccc(O)c(OC)c1)NCCOc1ccc(C)cc1. The largest absolute Gasteiger partial charge is 0.504 e. The van der Waals surface area contributed by atoms with E-state index in [0.717, 1.165) is 30.2 Å². The van der Waals surface area contributed by atoms with Crippen molar-refractivity contribution in [3.63, 3.8) is 0 Å². The van der Waals surface area contributed by atoms with E-state index in [4.69, 9.17) is 9.47 Å². The Hall–Kier alpha value is -2.89. The fraction of sp³-hybridized carbons (Fsp3) is 0.381. The van der Waals surface area contributed by atoms with Crippen LogP contribution < -0.4 is 20.1 Å². The van der Waals surface area contributed by atoms with Crippen molar-refractivity contribution in [1.82, 2.24) is 10.6 Å². The van der Waals surface area contributed by atoms with E-state index in [1.54, 1.807) is 13.2 Å². The molecule has 0 bridgehead atoms. The highest BCUT2D eigenvalue weighted by atomic mass is 16.5. The van der Waals surface area contributed by atoms with Crippen LogP contribution in [-0.2, 0) is 6.42 Å². The molecule has 0 fully saturated rings. The first-order valence-electron chi connectivity index (χ1n) is 9.20. The van der Waals surface area contributed by atoms with Crippen molar-refractivity contribution in [2.75, 3.05) is 33.4 Å². The molecule has 2 aromatic carbocycles. The van der Waals surface area contributed by atoms with Gasteiger partial charge in [-0.25, -0.2) is 0 Å². The van der Waals surface area contributed by atoms with Gasteiger partial charge in [0.2, 0.25) is 0 Å². The molecule has 0 atom stereocenters. The van der Waals surface area contributed by atoms with Crippen molar-refractivity contribution >= 4 is 5.96 Å². The van der Waals surface area contributed by atoms with Crippen molar-refractivity contribution in [2.24, 2.45) is 4.99 Å². The van der Waals surface area contributed by atoms with Crippen molar-refractivity contribution in [1.29, 1.82) is 0 Å². The quantitative estimate of drug-likeness (QED) is 0.359. The zero-order chi connectivity index (χ0) is 19.5. The Kier molecular flexibility index (Phi) is 8.29. The molecule has 0 saturated carbocycles. The van der Waals surface area contributed by atoms with Crippen LogP contribution in [0.25, 0.3) is 0 Å². The van der Waals surface area contributed by atoms with Gasteiger partial charge in [0, 0.05) is 13.1 Å². The molecule has 0 aliphatic rings. The summed E-state index contributed by atoms with van der Waals surface area (Å²) in [6.07, 6.45) is 0.757. The lowest BCUT2D eigenvalue weighted by atomic mass is 10.1. The van der Waals surface area contributed by atoms with Gasteiger partial charge in [-0.3, -0.25) is 4.99 Å². The van der Waals surface area contributed by atoms with E-state index in [2.05, 4.69) is 22.5 Å². The molecule has 6 heteroatoms. The van der Waals surface area contributed by atoms with Gasteiger partial charge in [-0.2, -0.15) is 0 Å². The third-order valence-corrected chi connectivity index (χ3v) is 3.94. The fourth-order valence-electron chi connectivity index (χ4n) is 2.49. The number of benzene rings is 2. The van der Waals surface area contributed by atoms with Gasteiger partial charge in [0.05, 0.1) is 13.7 Å². The Morgan fingerprint density at radius 3 is 2.59 bits per heavy atom. The van der Waals surface area contributed by atoms with Crippen LogP contribution in [0.2, 0.25) is 0 Å². The number of methoxy groups -OCH3 is 1. The van der Waals surface area contributed by atoms with Gasteiger partial charge in [-0.15, -0.1) is 0 Å². The molecule has 0 radical (unpaired) electrons. The predicted molar refractivity (Wildman–Crippen MR) is 109 cm³/mol. The number of ether oxygens (including phenoxy) is 2. The van der Waals surface area contributed by atoms with Gasteiger partial charge in [-0.05, 0) is 50.1 Å². The number of phenolic OH excluding ortho intramolecular Hbond substituents is 1. The number of aryl methyl sites for hydroxylation is 1.